The van der Waals surface area contributed by atoms with Crippen LogP contribution in [0, 0.1) is 0 Å². The van der Waals surface area contributed by atoms with Crippen LogP contribution in [0.15, 0.2) is 48.5 Å². The Morgan fingerprint density at radius 2 is 1.72 bits per heavy atom. The number of rotatable bonds is 7. The van der Waals surface area contributed by atoms with Crippen molar-refractivity contribution in [2.75, 3.05) is 26.7 Å². The summed E-state index contributed by atoms with van der Waals surface area (Å²) in [5, 5.41) is 5.61. The van der Waals surface area contributed by atoms with Gasteiger partial charge in [0.25, 0.3) is 5.91 Å². The lowest BCUT2D eigenvalue weighted by molar-refractivity contribution is -0.120. The molecular weight excluding hydrogens is 366 g/mol. The van der Waals surface area contributed by atoms with Gasteiger partial charge in [-0.3, -0.25) is 14.5 Å². The minimum absolute atomic E-state index is 0.0518. The Hall–Kier alpha value is -2.86. The number of nitrogens with one attached hydrogen (secondary N) is 2. The molecule has 0 unspecified atom stereocenters. The zero-order valence-electron chi connectivity index (χ0n) is 17.3. The summed E-state index contributed by atoms with van der Waals surface area (Å²) in [6, 6.07) is 15.3. The summed E-state index contributed by atoms with van der Waals surface area (Å²) in [7, 11) is 1.57. The van der Waals surface area contributed by atoms with Crippen molar-refractivity contribution < 1.29 is 14.3 Å². The van der Waals surface area contributed by atoms with Gasteiger partial charge in [0.1, 0.15) is 5.75 Å². The van der Waals surface area contributed by atoms with Gasteiger partial charge in [0.2, 0.25) is 5.91 Å². The highest BCUT2D eigenvalue weighted by molar-refractivity contribution is 5.96. The van der Waals surface area contributed by atoms with E-state index >= 15 is 0 Å². The fourth-order valence-electron chi connectivity index (χ4n) is 3.51. The molecule has 0 radical (unpaired) electrons. The molecule has 1 heterocycles. The van der Waals surface area contributed by atoms with E-state index in [1.807, 2.05) is 0 Å². The third-order valence-corrected chi connectivity index (χ3v) is 5.47. The quantitative estimate of drug-likeness (QED) is 0.755. The maximum absolute atomic E-state index is 12.2. The first-order valence-electron chi connectivity index (χ1n) is 9.90. The SMILES string of the molecule is COc1ccc(C(=O)NCC(=O)NCC(C)(C)N2CCc3ccccc3C2)cc1. The monoisotopic (exact) mass is 395 g/mol. The van der Waals surface area contributed by atoms with E-state index in [-0.39, 0.29) is 23.9 Å². The lowest BCUT2D eigenvalue weighted by Crippen LogP contribution is -2.54. The van der Waals surface area contributed by atoms with E-state index in [1.54, 1.807) is 31.4 Å². The van der Waals surface area contributed by atoms with Gasteiger partial charge in [0.15, 0.2) is 0 Å². The molecule has 2 aromatic carbocycles. The van der Waals surface area contributed by atoms with Crippen LogP contribution in [-0.4, -0.2) is 49.0 Å². The molecule has 2 N–H and O–H groups in total. The largest absolute Gasteiger partial charge is 0.497 e. The van der Waals surface area contributed by atoms with E-state index in [9.17, 15) is 9.59 Å². The van der Waals surface area contributed by atoms with E-state index in [1.165, 1.54) is 11.1 Å². The number of carbonyl (C=O) groups excluding carboxylic acids is 2. The van der Waals surface area contributed by atoms with Crippen molar-refractivity contribution in [3.05, 3.63) is 65.2 Å². The first-order valence-corrected chi connectivity index (χ1v) is 9.90. The summed E-state index contributed by atoms with van der Waals surface area (Å²) in [5.74, 6) is 0.203. The molecular formula is C23H29N3O3. The number of benzene rings is 2. The predicted octanol–water partition coefficient (Wildman–Crippen LogP) is 2.38. The summed E-state index contributed by atoms with van der Waals surface area (Å²) in [6.07, 6.45) is 1.02. The third kappa shape index (κ3) is 5.35. The van der Waals surface area contributed by atoms with Gasteiger partial charge in [0.05, 0.1) is 13.7 Å². The molecule has 0 aliphatic carbocycles. The van der Waals surface area contributed by atoms with Crippen LogP contribution < -0.4 is 15.4 Å². The van der Waals surface area contributed by atoms with Crippen molar-refractivity contribution in [3.63, 3.8) is 0 Å². The summed E-state index contributed by atoms with van der Waals surface area (Å²) in [6.45, 7) is 6.59. The third-order valence-electron chi connectivity index (χ3n) is 5.47. The fraction of sp³-hybridized carbons (Fsp3) is 0.391. The summed E-state index contributed by atoms with van der Waals surface area (Å²) >= 11 is 0. The molecule has 6 heteroatoms. The van der Waals surface area contributed by atoms with Gasteiger partial charge < -0.3 is 15.4 Å². The fourth-order valence-corrected chi connectivity index (χ4v) is 3.51. The molecule has 3 rings (SSSR count). The van der Waals surface area contributed by atoms with Crippen LogP contribution in [0.25, 0.3) is 0 Å². The normalized spacial score (nSPS) is 14.0. The Morgan fingerprint density at radius 1 is 1.03 bits per heavy atom. The first-order chi connectivity index (χ1) is 13.9. The molecule has 29 heavy (non-hydrogen) atoms. The molecule has 6 nitrogen and oxygen atoms in total. The molecule has 2 aromatic rings. The maximum atomic E-state index is 12.2. The number of hydrogen-bond acceptors (Lipinski definition) is 4. The summed E-state index contributed by atoms with van der Waals surface area (Å²) in [5.41, 5.74) is 3.07. The second-order valence-electron chi connectivity index (χ2n) is 7.94. The van der Waals surface area contributed by atoms with Crippen molar-refractivity contribution in [2.24, 2.45) is 0 Å². The summed E-state index contributed by atoms with van der Waals surface area (Å²) < 4.78 is 5.08. The van der Waals surface area contributed by atoms with Gasteiger partial charge in [-0.2, -0.15) is 0 Å². The Labute approximate surface area is 172 Å². The highest BCUT2D eigenvalue weighted by Gasteiger charge is 2.30. The van der Waals surface area contributed by atoms with Gasteiger partial charge in [-0.05, 0) is 55.7 Å². The topological polar surface area (TPSA) is 70.7 Å². The van der Waals surface area contributed by atoms with Crippen molar-refractivity contribution in [3.8, 4) is 5.75 Å². The highest BCUT2D eigenvalue weighted by Crippen LogP contribution is 2.24. The second-order valence-corrected chi connectivity index (χ2v) is 7.94. The number of carbonyl (C=O) groups is 2. The van der Waals surface area contributed by atoms with Crippen LogP contribution in [0.3, 0.4) is 0 Å². The molecule has 0 saturated heterocycles. The lowest BCUT2D eigenvalue weighted by atomic mass is 9.94. The number of amides is 2. The van der Waals surface area contributed by atoms with Crippen LogP contribution in [0.1, 0.15) is 35.3 Å². The van der Waals surface area contributed by atoms with Gasteiger partial charge in [-0.25, -0.2) is 0 Å². The van der Waals surface area contributed by atoms with Gasteiger partial charge in [-0.15, -0.1) is 0 Å². The van der Waals surface area contributed by atoms with Crippen LogP contribution >= 0.6 is 0 Å². The smallest absolute Gasteiger partial charge is 0.251 e. The zero-order valence-corrected chi connectivity index (χ0v) is 17.3. The van der Waals surface area contributed by atoms with Gasteiger partial charge >= 0.3 is 0 Å². The van der Waals surface area contributed by atoms with Crippen molar-refractivity contribution in [1.29, 1.82) is 0 Å². The van der Waals surface area contributed by atoms with Crippen LogP contribution in [0.4, 0.5) is 0 Å². The van der Waals surface area contributed by atoms with Crippen molar-refractivity contribution in [2.45, 2.75) is 32.4 Å². The molecule has 0 spiro atoms. The number of ether oxygens (including phenoxy) is 1. The number of hydrogen-bond donors (Lipinski definition) is 2. The Kier molecular flexibility index (Phi) is 6.54. The molecule has 154 valence electrons. The number of nitrogens with zero attached hydrogens (tertiary/aromatic N) is 1. The highest BCUT2D eigenvalue weighted by atomic mass is 16.5. The van der Waals surface area contributed by atoms with E-state index in [4.69, 9.17) is 4.74 Å². The molecule has 0 fully saturated rings. The van der Waals surface area contributed by atoms with Crippen molar-refractivity contribution in [1.82, 2.24) is 15.5 Å². The summed E-state index contributed by atoms with van der Waals surface area (Å²) in [4.78, 5) is 26.8. The lowest BCUT2D eigenvalue weighted by Gasteiger charge is -2.41. The van der Waals surface area contributed by atoms with Gasteiger partial charge in [-0.1, -0.05) is 24.3 Å². The van der Waals surface area contributed by atoms with E-state index in [2.05, 4.69) is 53.6 Å². The molecule has 0 aromatic heterocycles. The average Bonchev–Trinajstić information content (AvgIpc) is 2.75. The van der Waals surface area contributed by atoms with Crippen LogP contribution in [-0.2, 0) is 17.8 Å². The minimum Gasteiger partial charge on any atom is -0.497 e. The molecule has 2 amide bonds. The number of fused-ring (bicyclic) bond motifs is 1. The Bertz CT molecular complexity index is 862. The van der Waals surface area contributed by atoms with Crippen molar-refractivity contribution >= 4 is 11.8 Å². The van der Waals surface area contributed by atoms with E-state index in [0.717, 1.165) is 19.5 Å². The van der Waals surface area contributed by atoms with Gasteiger partial charge in [0, 0.05) is 30.7 Å². The zero-order chi connectivity index (χ0) is 20.9. The Morgan fingerprint density at radius 3 is 2.41 bits per heavy atom. The molecule has 0 saturated carbocycles. The Balaban J connectivity index is 1.46. The predicted molar refractivity (Wildman–Crippen MR) is 113 cm³/mol. The molecule has 1 aliphatic rings. The van der Waals surface area contributed by atoms with Crippen LogP contribution in [0.5, 0.6) is 5.75 Å². The number of methoxy groups -OCH3 is 1. The maximum Gasteiger partial charge on any atom is 0.251 e. The van der Waals surface area contributed by atoms with E-state index < -0.39 is 0 Å². The van der Waals surface area contributed by atoms with Crippen LogP contribution in [0.2, 0.25) is 0 Å². The average molecular weight is 396 g/mol. The first kappa shape index (κ1) is 20.9. The molecule has 1 aliphatic heterocycles. The minimum atomic E-state index is -0.283. The molecule has 0 bridgehead atoms. The molecule has 0 atom stereocenters. The van der Waals surface area contributed by atoms with E-state index in [0.29, 0.717) is 17.9 Å². The standard InChI is InChI=1S/C23H29N3O3/c1-23(2,26-13-12-17-6-4-5-7-19(17)15-26)16-25-21(27)14-24-22(28)18-8-10-20(29-3)11-9-18/h4-11H,12-16H2,1-3H3,(H,24,28)(H,25,27). The second kappa shape index (κ2) is 9.09.